The topological polar surface area (TPSA) is 90.5 Å². The summed E-state index contributed by atoms with van der Waals surface area (Å²) < 4.78 is 61.1. The summed E-state index contributed by atoms with van der Waals surface area (Å²) in [6.45, 7) is -3.28. The predicted octanol–water partition coefficient (Wildman–Crippen LogP) is 0.574. The lowest BCUT2D eigenvalue weighted by atomic mass is 10.5. The molecule has 0 bridgehead atoms. The van der Waals surface area contributed by atoms with Crippen molar-refractivity contribution in [1.82, 2.24) is 9.29 Å². The Kier molecular flexibility index (Phi) is 5.19. The van der Waals surface area contributed by atoms with Crippen LogP contribution in [0.5, 0.6) is 0 Å². The number of nitrogens with one attached hydrogen (secondary N) is 1. The number of aromatic amines is 1. The van der Waals surface area contributed by atoms with Crippen molar-refractivity contribution in [3.8, 4) is 0 Å². The Morgan fingerprint density at radius 2 is 2.00 bits per heavy atom. The highest BCUT2D eigenvalue weighted by molar-refractivity contribution is 7.89. The van der Waals surface area contributed by atoms with Crippen molar-refractivity contribution in [2.75, 3.05) is 19.7 Å². The average molecular weight is 335 g/mol. The monoisotopic (exact) mass is 334 g/mol. The number of pyridine rings is 1. The normalized spacial score (nSPS) is 12.9. The minimum Gasteiger partial charge on any atom is -0.395 e. The third-order valence-corrected chi connectivity index (χ3v) is 4.28. The second kappa shape index (κ2) is 6.12. The van der Waals surface area contributed by atoms with Gasteiger partial charge in [0.25, 0.3) is 5.56 Å². The van der Waals surface area contributed by atoms with Gasteiger partial charge in [-0.05, 0) is 6.07 Å². The van der Waals surface area contributed by atoms with Crippen LogP contribution in [-0.2, 0) is 10.0 Å². The van der Waals surface area contributed by atoms with Crippen LogP contribution in [0.2, 0.25) is 5.02 Å². The second-order valence-corrected chi connectivity index (χ2v) is 6.03. The van der Waals surface area contributed by atoms with Gasteiger partial charge in [-0.15, -0.1) is 0 Å². The van der Waals surface area contributed by atoms with Crippen LogP contribution in [0.4, 0.5) is 13.2 Å². The highest BCUT2D eigenvalue weighted by Crippen LogP contribution is 2.22. The fourth-order valence-electron chi connectivity index (χ4n) is 1.33. The molecule has 1 aromatic rings. The number of aromatic nitrogens is 1. The molecule has 11 heteroatoms. The molecule has 1 rings (SSSR count). The number of H-pyrrole nitrogens is 1. The maximum atomic E-state index is 12.3. The van der Waals surface area contributed by atoms with Crippen molar-refractivity contribution >= 4 is 21.6 Å². The number of alkyl halides is 3. The summed E-state index contributed by atoms with van der Waals surface area (Å²) in [6, 6.07) is 0.746. The van der Waals surface area contributed by atoms with Crippen LogP contribution in [0.25, 0.3) is 0 Å². The quantitative estimate of drug-likeness (QED) is 0.824. The molecule has 20 heavy (non-hydrogen) atoms. The minimum absolute atomic E-state index is 0.0526. The van der Waals surface area contributed by atoms with E-state index in [0.717, 1.165) is 12.3 Å². The molecule has 0 saturated heterocycles. The van der Waals surface area contributed by atoms with E-state index in [-0.39, 0.29) is 4.31 Å². The van der Waals surface area contributed by atoms with Crippen molar-refractivity contribution in [3.05, 3.63) is 27.6 Å². The Labute approximate surface area is 116 Å². The van der Waals surface area contributed by atoms with E-state index in [1.165, 1.54) is 0 Å². The van der Waals surface area contributed by atoms with E-state index in [1.807, 2.05) is 4.98 Å². The molecule has 0 atom stereocenters. The molecule has 1 aromatic heterocycles. The molecule has 0 spiro atoms. The number of hydrogen-bond acceptors (Lipinski definition) is 4. The SMILES string of the molecule is O=c1[nH]cc(S(=O)(=O)N(CCO)CC(F)(F)F)cc1Cl. The van der Waals surface area contributed by atoms with E-state index in [2.05, 4.69) is 0 Å². The van der Waals surface area contributed by atoms with Crippen molar-refractivity contribution in [3.63, 3.8) is 0 Å². The third kappa shape index (κ3) is 4.20. The largest absolute Gasteiger partial charge is 0.402 e. The molecule has 0 amide bonds. The number of aliphatic hydroxyl groups excluding tert-OH is 1. The van der Waals surface area contributed by atoms with Crippen molar-refractivity contribution in [2.24, 2.45) is 0 Å². The Hall–Kier alpha value is -1.10. The van der Waals surface area contributed by atoms with E-state index in [1.54, 1.807) is 0 Å². The number of aliphatic hydroxyl groups is 1. The third-order valence-electron chi connectivity index (χ3n) is 2.17. The molecule has 0 radical (unpaired) electrons. The molecule has 0 aliphatic carbocycles. The molecule has 0 fully saturated rings. The molecule has 114 valence electrons. The second-order valence-electron chi connectivity index (χ2n) is 3.69. The molecule has 0 aliphatic heterocycles. The zero-order valence-corrected chi connectivity index (χ0v) is 11.4. The Bertz CT molecular complexity index is 629. The van der Waals surface area contributed by atoms with Crippen LogP contribution in [0.1, 0.15) is 0 Å². The van der Waals surface area contributed by atoms with Gasteiger partial charge in [0, 0.05) is 12.7 Å². The van der Waals surface area contributed by atoms with Gasteiger partial charge in [0.2, 0.25) is 10.0 Å². The lowest BCUT2D eigenvalue weighted by Crippen LogP contribution is -2.40. The maximum absolute atomic E-state index is 12.3. The maximum Gasteiger partial charge on any atom is 0.402 e. The van der Waals surface area contributed by atoms with Gasteiger partial charge < -0.3 is 10.1 Å². The number of sulfonamides is 1. The number of nitrogens with zero attached hydrogens (tertiary/aromatic N) is 1. The van der Waals surface area contributed by atoms with Gasteiger partial charge in [-0.2, -0.15) is 17.5 Å². The van der Waals surface area contributed by atoms with Gasteiger partial charge >= 0.3 is 6.18 Å². The van der Waals surface area contributed by atoms with E-state index in [0.29, 0.717) is 0 Å². The fraction of sp³-hybridized carbons (Fsp3) is 0.444. The Morgan fingerprint density at radius 3 is 2.45 bits per heavy atom. The van der Waals surface area contributed by atoms with Crippen LogP contribution < -0.4 is 5.56 Å². The molecule has 0 aliphatic rings. The molecule has 0 saturated carbocycles. The Balaban J connectivity index is 3.22. The lowest BCUT2D eigenvalue weighted by Gasteiger charge is -2.22. The summed E-state index contributed by atoms with van der Waals surface area (Å²) in [4.78, 5) is 12.4. The van der Waals surface area contributed by atoms with Crippen molar-refractivity contribution < 1.29 is 26.7 Å². The van der Waals surface area contributed by atoms with Crippen LogP contribution in [0.3, 0.4) is 0 Å². The van der Waals surface area contributed by atoms with E-state index >= 15 is 0 Å². The molecular formula is C9H10ClF3N2O4S. The first-order valence-corrected chi connectivity index (χ1v) is 6.96. The molecular weight excluding hydrogens is 325 g/mol. The molecule has 0 unspecified atom stereocenters. The van der Waals surface area contributed by atoms with E-state index < -0.39 is 51.4 Å². The summed E-state index contributed by atoms with van der Waals surface area (Å²) in [5, 5.41) is 8.21. The predicted molar refractivity (Wildman–Crippen MR) is 64.0 cm³/mol. The highest BCUT2D eigenvalue weighted by Gasteiger charge is 2.37. The summed E-state index contributed by atoms with van der Waals surface area (Å²) >= 11 is 5.44. The summed E-state index contributed by atoms with van der Waals surface area (Å²) in [6.07, 6.45) is -4.03. The van der Waals surface area contributed by atoms with Gasteiger partial charge in [0.15, 0.2) is 0 Å². The first-order chi connectivity index (χ1) is 9.08. The van der Waals surface area contributed by atoms with Crippen LogP contribution in [0, 0.1) is 0 Å². The minimum atomic E-state index is -4.77. The first-order valence-electron chi connectivity index (χ1n) is 5.14. The molecule has 6 nitrogen and oxygen atoms in total. The molecule has 1 heterocycles. The summed E-state index contributed by atoms with van der Waals surface area (Å²) in [7, 11) is -4.54. The van der Waals surface area contributed by atoms with Crippen molar-refractivity contribution in [2.45, 2.75) is 11.1 Å². The van der Waals surface area contributed by atoms with Crippen molar-refractivity contribution in [1.29, 1.82) is 0 Å². The Morgan fingerprint density at radius 1 is 1.40 bits per heavy atom. The fourth-order valence-corrected chi connectivity index (χ4v) is 2.98. The average Bonchev–Trinajstić information content (AvgIpc) is 2.30. The standard InChI is InChI=1S/C9H10ClF3N2O4S/c10-7-3-6(4-14-8(7)17)20(18,19)15(1-2-16)5-9(11,12)13/h3-4,16H,1-2,5H2,(H,14,17). The summed E-state index contributed by atoms with van der Waals surface area (Å²) in [5.74, 6) is 0. The molecule has 2 N–H and O–H groups in total. The van der Waals surface area contributed by atoms with Gasteiger partial charge in [0.05, 0.1) is 11.5 Å². The van der Waals surface area contributed by atoms with Crippen LogP contribution in [0.15, 0.2) is 22.0 Å². The number of hydrogen-bond donors (Lipinski definition) is 2. The summed E-state index contributed by atoms with van der Waals surface area (Å²) in [5.41, 5.74) is -0.768. The van der Waals surface area contributed by atoms with Crippen LogP contribution in [-0.4, -0.2) is 48.7 Å². The zero-order valence-electron chi connectivity index (χ0n) is 9.82. The van der Waals surface area contributed by atoms with E-state index in [9.17, 15) is 26.4 Å². The molecule has 0 aromatic carbocycles. The van der Waals surface area contributed by atoms with Crippen LogP contribution >= 0.6 is 11.6 Å². The first kappa shape index (κ1) is 17.0. The highest BCUT2D eigenvalue weighted by atomic mass is 35.5. The van der Waals surface area contributed by atoms with Gasteiger partial charge in [0.1, 0.15) is 11.6 Å². The smallest absolute Gasteiger partial charge is 0.395 e. The lowest BCUT2D eigenvalue weighted by molar-refractivity contribution is -0.136. The number of rotatable bonds is 5. The van der Waals surface area contributed by atoms with Gasteiger partial charge in [-0.3, -0.25) is 4.79 Å². The number of halogens is 4. The van der Waals surface area contributed by atoms with Gasteiger partial charge in [-0.25, -0.2) is 8.42 Å². The van der Waals surface area contributed by atoms with E-state index in [4.69, 9.17) is 16.7 Å². The zero-order chi connectivity index (χ0) is 15.6. The van der Waals surface area contributed by atoms with Gasteiger partial charge in [-0.1, -0.05) is 11.6 Å².